The number of halogens is 1. The molecule has 16 heavy (non-hydrogen) atoms. The van der Waals surface area contributed by atoms with Crippen LogP contribution >= 0.6 is 0 Å². The fraction of sp³-hybridized carbons (Fsp3) is 0.538. The average Bonchev–Trinajstić information content (AvgIpc) is 2.62. The van der Waals surface area contributed by atoms with E-state index in [1.54, 1.807) is 12.1 Å². The normalized spacial score (nSPS) is 32.7. The van der Waals surface area contributed by atoms with Crippen LogP contribution in [0.1, 0.15) is 25.7 Å². The molecule has 0 amide bonds. The Balaban J connectivity index is 1.69. The summed E-state index contributed by atoms with van der Waals surface area (Å²) < 4.78 is 19.2. The number of ether oxygens (including phenoxy) is 1. The van der Waals surface area contributed by atoms with E-state index in [1.807, 2.05) is 6.07 Å². The van der Waals surface area contributed by atoms with Crippen molar-refractivity contribution < 1.29 is 9.13 Å². The zero-order valence-corrected chi connectivity index (χ0v) is 9.16. The Morgan fingerprint density at radius 2 is 1.81 bits per heavy atom. The predicted molar refractivity (Wildman–Crippen MR) is 60.0 cm³/mol. The molecule has 0 aromatic heterocycles. The number of para-hydroxylation sites is 1. The van der Waals surface area contributed by atoms with E-state index in [0.29, 0.717) is 17.8 Å². The quantitative estimate of drug-likeness (QED) is 0.828. The average molecular weight is 221 g/mol. The molecular formula is C13H16FNO. The maximum absolute atomic E-state index is 13.4. The van der Waals surface area contributed by atoms with Crippen molar-refractivity contribution in [2.45, 2.75) is 43.9 Å². The van der Waals surface area contributed by atoms with E-state index in [-0.39, 0.29) is 11.9 Å². The first-order valence-corrected chi connectivity index (χ1v) is 5.98. The van der Waals surface area contributed by atoms with Gasteiger partial charge >= 0.3 is 0 Å². The van der Waals surface area contributed by atoms with Crippen LogP contribution in [0.25, 0.3) is 0 Å². The van der Waals surface area contributed by atoms with Gasteiger partial charge in [-0.25, -0.2) is 4.39 Å². The summed E-state index contributed by atoms with van der Waals surface area (Å²) in [7, 11) is 0. The molecule has 0 aliphatic carbocycles. The molecule has 2 heterocycles. The zero-order chi connectivity index (χ0) is 11.0. The molecule has 1 N–H and O–H groups in total. The smallest absolute Gasteiger partial charge is 0.165 e. The summed E-state index contributed by atoms with van der Waals surface area (Å²) in [5.41, 5.74) is 0. The molecule has 3 atom stereocenters. The molecule has 2 aliphatic rings. The van der Waals surface area contributed by atoms with Gasteiger partial charge in [-0.05, 0) is 37.8 Å². The van der Waals surface area contributed by atoms with E-state index in [4.69, 9.17) is 4.74 Å². The largest absolute Gasteiger partial charge is 0.487 e. The minimum atomic E-state index is -0.256. The topological polar surface area (TPSA) is 21.3 Å². The third-order valence-corrected chi connectivity index (χ3v) is 3.56. The highest BCUT2D eigenvalue weighted by Gasteiger charge is 2.34. The lowest BCUT2D eigenvalue weighted by Gasteiger charge is -2.29. The summed E-state index contributed by atoms with van der Waals surface area (Å²) in [6.45, 7) is 0. The van der Waals surface area contributed by atoms with Gasteiger partial charge in [0.2, 0.25) is 0 Å². The van der Waals surface area contributed by atoms with Gasteiger partial charge in [0.05, 0.1) is 0 Å². The third-order valence-electron chi connectivity index (χ3n) is 3.56. The molecule has 0 spiro atoms. The number of fused-ring (bicyclic) bond motifs is 2. The molecule has 0 saturated carbocycles. The van der Waals surface area contributed by atoms with Gasteiger partial charge in [-0.2, -0.15) is 0 Å². The second-order valence-electron chi connectivity index (χ2n) is 4.78. The molecule has 2 saturated heterocycles. The Bertz CT molecular complexity index is 370. The molecule has 2 aliphatic heterocycles. The fourth-order valence-electron chi connectivity index (χ4n) is 2.82. The molecule has 1 aromatic rings. The second kappa shape index (κ2) is 4.06. The number of nitrogens with one attached hydrogen (secondary N) is 1. The Labute approximate surface area is 94.8 Å². The first kappa shape index (κ1) is 10.1. The maximum atomic E-state index is 13.4. The van der Waals surface area contributed by atoms with E-state index < -0.39 is 0 Å². The highest BCUT2D eigenvalue weighted by molar-refractivity contribution is 5.24. The van der Waals surface area contributed by atoms with Crippen molar-refractivity contribution in [3.63, 3.8) is 0 Å². The second-order valence-corrected chi connectivity index (χ2v) is 4.78. The van der Waals surface area contributed by atoms with Gasteiger partial charge in [0.15, 0.2) is 11.6 Å². The molecule has 3 rings (SSSR count). The molecule has 3 heteroatoms. The van der Waals surface area contributed by atoms with Crippen LogP contribution < -0.4 is 10.1 Å². The van der Waals surface area contributed by atoms with E-state index in [1.165, 1.54) is 18.9 Å². The first-order valence-electron chi connectivity index (χ1n) is 5.98. The van der Waals surface area contributed by atoms with Crippen molar-refractivity contribution in [2.24, 2.45) is 0 Å². The van der Waals surface area contributed by atoms with Crippen LogP contribution in [0.4, 0.5) is 4.39 Å². The van der Waals surface area contributed by atoms with Crippen LogP contribution in [-0.4, -0.2) is 18.2 Å². The van der Waals surface area contributed by atoms with Crippen molar-refractivity contribution in [1.29, 1.82) is 0 Å². The summed E-state index contributed by atoms with van der Waals surface area (Å²) in [5.74, 6) is 0.141. The van der Waals surface area contributed by atoms with Gasteiger partial charge in [-0.1, -0.05) is 12.1 Å². The molecule has 1 aromatic carbocycles. The van der Waals surface area contributed by atoms with Crippen molar-refractivity contribution in [2.75, 3.05) is 0 Å². The van der Waals surface area contributed by atoms with Gasteiger partial charge in [-0.3, -0.25) is 0 Å². The number of piperidine rings is 1. The molecule has 0 radical (unpaired) electrons. The standard InChI is InChI=1S/C13H16FNO/c14-12-3-1-2-4-13(12)16-11-7-9-5-6-10(8-11)15-9/h1-4,9-11,15H,5-8H2/t9-,10+,11-. The molecular weight excluding hydrogens is 205 g/mol. The van der Waals surface area contributed by atoms with Crippen LogP contribution in [0, 0.1) is 5.82 Å². The van der Waals surface area contributed by atoms with E-state index in [0.717, 1.165) is 12.8 Å². The van der Waals surface area contributed by atoms with Crippen LogP contribution in [0.3, 0.4) is 0 Å². The van der Waals surface area contributed by atoms with Crippen molar-refractivity contribution in [1.82, 2.24) is 5.32 Å². The summed E-state index contributed by atoms with van der Waals surface area (Å²) >= 11 is 0. The van der Waals surface area contributed by atoms with Crippen LogP contribution in [-0.2, 0) is 0 Å². The Hall–Kier alpha value is -1.09. The zero-order valence-electron chi connectivity index (χ0n) is 9.16. The summed E-state index contributed by atoms with van der Waals surface area (Å²) in [6.07, 6.45) is 4.66. The molecule has 0 unspecified atom stereocenters. The molecule has 2 nitrogen and oxygen atoms in total. The lowest BCUT2D eigenvalue weighted by atomic mass is 10.0. The highest BCUT2D eigenvalue weighted by Crippen LogP contribution is 2.30. The van der Waals surface area contributed by atoms with E-state index in [2.05, 4.69) is 5.32 Å². The van der Waals surface area contributed by atoms with Crippen LogP contribution in [0.15, 0.2) is 24.3 Å². The van der Waals surface area contributed by atoms with Gasteiger partial charge in [0.1, 0.15) is 6.10 Å². The van der Waals surface area contributed by atoms with Crippen LogP contribution in [0.2, 0.25) is 0 Å². The molecule has 2 bridgehead atoms. The highest BCUT2D eigenvalue weighted by atomic mass is 19.1. The van der Waals surface area contributed by atoms with Gasteiger partial charge in [0, 0.05) is 12.1 Å². The number of rotatable bonds is 2. The van der Waals surface area contributed by atoms with Crippen molar-refractivity contribution in [3.05, 3.63) is 30.1 Å². The molecule has 86 valence electrons. The predicted octanol–water partition coefficient (Wildman–Crippen LogP) is 2.49. The van der Waals surface area contributed by atoms with Gasteiger partial charge < -0.3 is 10.1 Å². The number of benzene rings is 1. The fourth-order valence-corrected chi connectivity index (χ4v) is 2.82. The van der Waals surface area contributed by atoms with E-state index >= 15 is 0 Å². The minimum absolute atomic E-state index is 0.177. The lowest BCUT2D eigenvalue weighted by Crippen LogP contribution is -2.42. The third kappa shape index (κ3) is 1.92. The first-order chi connectivity index (χ1) is 7.81. The minimum Gasteiger partial charge on any atom is -0.487 e. The summed E-state index contributed by atoms with van der Waals surface area (Å²) in [5, 5.41) is 3.55. The van der Waals surface area contributed by atoms with Crippen LogP contribution in [0.5, 0.6) is 5.75 Å². The Kier molecular flexibility index (Phi) is 2.56. The van der Waals surface area contributed by atoms with Crippen molar-refractivity contribution >= 4 is 0 Å². The van der Waals surface area contributed by atoms with Gasteiger partial charge in [-0.15, -0.1) is 0 Å². The summed E-state index contributed by atoms with van der Waals surface area (Å²) in [4.78, 5) is 0. The van der Waals surface area contributed by atoms with Crippen molar-refractivity contribution in [3.8, 4) is 5.75 Å². The SMILES string of the molecule is Fc1ccccc1O[C@@H]1C[C@H]2CC[C@@H](C1)N2. The Morgan fingerprint density at radius 1 is 1.12 bits per heavy atom. The lowest BCUT2D eigenvalue weighted by molar-refractivity contribution is 0.132. The maximum Gasteiger partial charge on any atom is 0.165 e. The summed E-state index contributed by atoms with van der Waals surface area (Å²) in [6, 6.07) is 7.82. The number of hydrogen-bond donors (Lipinski definition) is 1. The molecule has 2 fully saturated rings. The van der Waals surface area contributed by atoms with Gasteiger partial charge in [0.25, 0.3) is 0 Å². The monoisotopic (exact) mass is 221 g/mol. The van der Waals surface area contributed by atoms with E-state index in [9.17, 15) is 4.39 Å². The Morgan fingerprint density at radius 3 is 2.50 bits per heavy atom. The number of hydrogen-bond acceptors (Lipinski definition) is 2.